The lowest BCUT2D eigenvalue weighted by atomic mass is 10.0. The van der Waals surface area contributed by atoms with Crippen LogP contribution in [0.3, 0.4) is 0 Å². The average Bonchev–Trinajstić information content (AvgIpc) is 2.52. The molecule has 1 fully saturated rings. The first kappa shape index (κ1) is 15.0. The van der Waals surface area contributed by atoms with E-state index in [2.05, 4.69) is 5.32 Å². The van der Waals surface area contributed by atoms with Crippen molar-refractivity contribution in [2.45, 2.75) is 12.5 Å². The van der Waals surface area contributed by atoms with Crippen LogP contribution in [0.2, 0.25) is 0 Å². The van der Waals surface area contributed by atoms with Crippen molar-refractivity contribution in [1.82, 2.24) is 10.2 Å². The molecular formula is C15H22N2O3. The lowest BCUT2D eigenvalue weighted by molar-refractivity contribution is -0.0447. The summed E-state index contributed by atoms with van der Waals surface area (Å²) in [5.41, 5.74) is 1.81. The van der Waals surface area contributed by atoms with Gasteiger partial charge in [0.1, 0.15) is 0 Å². The van der Waals surface area contributed by atoms with Crippen molar-refractivity contribution in [2.75, 3.05) is 39.9 Å². The quantitative estimate of drug-likeness (QED) is 0.812. The van der Waals surface area contributed by atoms with Crippen LogP contribution in [0.25, 0.3) is 0 Å². The highest BCUT2D eigenvalue weighted by molar-refractivity contribution is 5.95. The van der Waals surface area contributed by atoms with Crippen LogP contribution in [0.4, 0.5) is 0 Å². The number of nitrogens with zero attached hydrogens (tertiary/aromatic N) is 1. The van der Waals surface area contributed by atoms with E-state index in [1.807, 2.05) is 31.3 Å². The minimum absolute atomic E-state index is 0.0263. The zero-order valence-electron chi connectivity index (χ0n) is 11.8. The molecule has 0 aliphatic carbocycles. The minimum Gasteiger partial charge on any atom is -0.394 e. The molecule has 0 aromatic heterocycles. The normalized spacial score (nSPS) is 19.1. The van der Waals surface area contributed by atoms with Crippen LogP contribution in [-0.2, 0) is 11.2 Å². The molecule has 1 amide bonds. The average molecular weight is 278 g/mol. The van der Waals surface area contributed by atoms with Crippen LogP contribution in [0, 0.1) is 0 Å². The number of morpholine rings is 1. The first-order valence-corrected chi connectivity index (χ1v) is 7.00. The van der Waals surface area contributed by atoms with Crippen molar-refractivity contribution in [1.29, 1.82) is 0 Å². The lowest BCUT2D eigenvalue weighted by Crippen LogP contribution is -2.47. The molecule has 5 nitrogen and oxygen atoms in total. The van der Waals surface area contributed by atoms with Gasteiger partial charge in [-0.05, 0) is 31.6 Å². The molecule has 2 rings (SSSR count). The fraction of sp³-hybridized carbons (Fsp3) is 0.533. The lowest BCUT2D eigenvalue weighted by Gasteiger charge is -2.32. The maximum Gasteiger partial charge on any atom is 0.254 e. The van der Waals surface area contributed by atoms with Crippen LogP contribution in [0.1, 0.15) is 15.9 Å². The molecule has 0 saturated carbocycles. The molecule has 2 N–H and O–H groups in total. The van der Waals surface area contributed by atoms with Gasteiger partial charge in [0.2, 0.25) is 0 Å². The van der Waals surface area contributed by atoms with Gasteiger partial charge in [0.25, 0.3) is 5.91 Å². The van der Waals surface area contributed by atoms with Crippen molar-refractivity contribution in [3.63, 3.8) is 0 Å². The van der Waals surface area contributed by atoms with E-state index in [1.165, 1.54) is 0 Å². The SMILES string of the molecule is CNCCc1ccccc1C(=O)N1CCOC(CO)C1. The Morgan fingerprint density at radius 3 is 3.05 bits per heavy atom. The van der Waals surface area contributed by atoms with Crippen molar-refractivity contribution in [3.05, 3.63) is 35.4 Å². The molecule has 1 unspecified atom stereocenters. The van der Waals surface area contributed by atoms with Gasteiger partial charge in [0.15, 0.2) is 0 Å². The number of carbonyl (C=O) groups is 1. The number of aliphatic hydroxyl groups is 1. The standard InChI is InChI=1S/C15H22N2O3/c1-16-7-6-12-4-2-3-5-14(12)15(19)17-8-9-20-13(10-17)11-18/h2-5,13,16,18H,6-11H2,1H3. The van der Waals surface area contributed by atoms with Gasteiger partial charge in [-0.2, -0.15) is 0 Å². The Bertz CT molecular complexity index is 450. The largest absolute Gasteiger partial charge is 0.394 e. The summed E-state index contributed by atoms with van der Waals surface area (Å²) in [5, 5.41) is 12.3. The molecule has 1 aromatic carbocycles. The zero-order valence-corrected chi connectivity index (χ0v) is 11.8. The molecule has 1 aliphatic heterocycles. The van der Waals surface area contributed by atoms with Gasteiger partial charge < -0.3 is 20.1 Å². The summed E-state index contributed by atoms with van der Waals surface area (Å²) in [5.74, 6) is 0.0263. The van der Waals surface area contributed by atoms with Gasteiger partial charge in [-0.25, -0.2) is 0 Å². The van der Waals surface area contributed by atoms with Crippen molar-refractivity contribution in [3.8, 4) is 0 Å². The smallest absolute Gasteiger partial charge is 0.254 e. The van der Waals surface area contributed by atoms with Crippen LogP contribution < -0.4 is 5.32 Å². The molecule has 0 radical (unpaired) electrons. The number of rotatable bonds is 5. The Balaban J connectivity index is 2.11. The molecule has 5 heteroatoms. The molecule has 1 aliphatic rings. The number of aliphatic hydroxyl groups excluding tert-OH is 1. The molecule has 1 heterocycles. The van der Waals surface area contributed by atoms with Gasteiger partial charge in [0, 0.05) is 18.7 Å². The number of amides is 1. The van der Waals surface area contributed by atoms with Crippen molar-refractivity contribution >= 4 is 5.91 Å². The summed E-state index contributed by atoms with van der Waals surface area (Å²) in [7, 11) is 1.90. The number of carbonyl (C=O) groups excluding carboxylic acids is 1. The number of hydrogen-bond donors (Lipinski definition) is 2. The van der Waals surface area contributed by atoms with Crippen LogP contribution in [-0.4, -0.2) is 61.9 Å². The fourth-order valence-corrected chi connectivity index (χ4v) is 2.39. The summed E-state index contributed by atoms with van der Waals surface area (Å²) in [4.78, 5) is 14.4. The zero-order chi connectivity index (χ0) is 14.4. The molecule has 20 heavy (non-hydrogen) atoms. The highest BCUT2D eigenvalue weighted by Gasteiger charge is 2.25. The molecule has 1 aromatic rings. The predicted molar refractivity (Wildman–Crippen MR) is 76.8 cm³/mol. The molecule has 1 saturated heterocycles. The maximum absolute atomic E-state index is 12.6. The molecular weight excluding hydrogens is 256 g/mol. The third kappa shape index (κ3) is 3.56. The molecule has 0 bridgehead atoms. The highest BCUT2D eigenvalue weighted by Crippen LogP contribution is 2.15. The summed E-state index contributed by atoms with van der Waals surface area (Å²) in [6, 6.07) is 7.71. The van der Waals surface area contributed by atoms with E-state index < -0.39 is 0 Å². The van der Waals surface area contributed by atoms with E-state index in [0.717, 1.165) is 24.1 Å². The fourth-order valence-electron chi connectivity index (χ4n) is 2.39. The maximum atomic E-state index is 12.6. The van der Waals surface area contributed by atoms with E-state index in [9.17, 15) is 4.79 Å². The Labute approximate surface area is 119 Å². The molecule has 1 atom stereocenters. The summed E-state index contributed by atoms with van der Waals surface area (Å²) in [6.07, 6.45) is 0.559. The first-order valence-electron chi connectivity index (χ1n) is 7.00. The minimum atomic E-state index is -0.267. The van der Waals surface area contributed by atoms with E-state index in [0.29, 0.717) is 19.7 Å². The number of hydrogen-bond acceptors (Lipinski definition) is 4. The Morgan fingerprint density at radius 1 is 1.50 bits per heavy atom. The number of benzene rings is 1. The third-order valence-corrected chi connectivity index (χ3v) is 3.52. The van der Waals surface area contributed by atoms with Crippen molar-refractivity contribution < 1.29 is 14.6 Å². The van der Waals surface area contributed by atoms with E-state index >= 15 is 0 Å². The van der Waals surface area contributed by atoms with Crippen LogP contribution >= 0.6 is 0 Å². The second-order valence-electron chi connectivity index (χ2n) is 4.94. The van der Waals surface area contributed by atoms with E-state index in [1.54, 1.807) is 4.90 Å². The Morgan fingerprint density at radius 2 is 2.30 bits per heavy atom. The topological polar surface area (TPSA) is 61.8 Å². The van der Waals surface area contributed by atoms with Crippen LogP contribution in [0.15, 0.2) is 24.3 Å². The van der Waals surface area contributed by atoms with Gasteiger partial charge in [-0.1, -0.05) is 18.2 Å². The monoisotopic (exact) mass is 278 g/mol. The van der Waals surface area contributed by atoms with E-state index in [4.69, 9.17) is 9.84 Å². The van der Waals surface area contributed by atoms with Gasteiger partial charge in [-0.15, -0.1) is 0 Å². The first-order chi connectivity index (χ1) is 9.76. The second kappa shape index (κ2) is 7.38. The summed E-state index contributed by atoms with van der Waals surface area (Å²) < 4.78 is 5.38. The van der Waals surface area contributed by atoms with Gasteiger partial charge >= 0.3 is 0 Å². The highest BCUT2D eigenvalue weighted by atomic mass is 16.5. The van der Waals surface area contributed by atoms with Gasteiger partial charge in [-0.3, -0.25) is 4.79 Å². The van der Waals surface area contributed by atoms with Gasteiger partial charge in [0.05, 0.1) is 19.3 Å². The third-order valence-electron chi connectivity index (χ3n) is 3.52. The van der Waals surface area contributed by atoms with E-state index in [-0.39, 0.29) is 18.6 Å². The van der Waals surface area contributed by atoms with Crippen molar-refractivity contribution in [2.24, 2.45) is 0 Å². The molecule has 110 valence electrons. The van der Waals surface area contributed by atoms with Crippen LogP contribution in [0.5, 0.6) is 0 Å². The Kier molecular flexibility index (Phi) is 5.52. The predicted octanol–water partition coefficient (Wildman–Crippen LogP) is 0.282. The Hall–Kier alpha value is -1.43. The summed E-state index contributed by atoms with van der Waals surface area (Å²) in [6.45, 7) is 2.30. The second-order valence-corrected chi connectivity index (χ2v) is 4.94. The number of likely N-dealkylation sites (N-methyl/N-ethyl adjacent to an activating group) is 1. The number of nitrogens with one attached hydrogen (secondary N) is 1. The summed E-state index contributed by atoms with van der Waals surface area (Å²) >= 11 is 0. The number of ether oxygens (including phenoxy) is 1. The molecule has 0 spiro atoms.